The number of rotatable bonds is 72. The number of carbonyl (C=O) groups is 1. The Labute approximate surface area is 526 Å². The lowest BCUT2D eigenvalue weighted by molar-refractivity contribution is -0.870. The van der Waals surface area contributed by atoms with Crippen LogP contribution >= 0.6 is 7.82 Å². The molecular formula is C75H151N2O6P. The van der Waals surface area contributed by atoms with E-state index in [-0.39, 0.29) is 19.1 Å². The summed E-state index contributed by atoms with van der Waals surface area (Å²) in [6, 6.07) is -0.884. The molecule has 2 N–H and O–H groups in total. The maximum absolute atomic E-state index is 13.1. The number of quaternary nitrogens is 1. The summed E-state index contributed by atoms with van der Waals surface area (Å²) in [6.07, 6.45) is 86.5. The van der Waals surface area contributed by atoms with Crippen LogP contribution in [0.3, 0.4) is 0 Å². The molecule has 0 saturated heterocycles. The van der Waals surface area contributed by atoms with E-state index in [9.17, 15) is 19.4 Å². The number of allylic oxidation sites excluding steroid dienone is 1. The molecule has 0 aromatic rings. The lowest BCUT2D eigenvalue weighted by Gasteiger charge is -2.29. The molecule has 0 heterocycles. The van der Waals surface area contributed by atoms with E-state index in [1.807, 2.05) is 27.2 Å². The number of phosphoric acid groups is 1. The van der Waals surface area contributed by atoms with Crippen molar-refractivity contribution in [2.24, 2.45) is 0 Å². The molecule has 9 heteroatoms. The highest BCUT2D eigenvalue weighted by Gasteiger charge is 2.23. The summed E-state index contributed by atoms with van der Waals surface area (Å²) in [7, 11) is 1.29. The van der Waals surface area contributed by atoms with Gasteiger partial charge < -0.3 is 28.8 Å². The van der Waals surface area contributed by atoms with Gasteiger partial charge in [0.05, 0.1) is 39.9 Å². The van der Waals surface area contributed by atoms with Crippen LogP contribution in [0.2, 0.25) is 0 Å². The highest BCUT2D eigenvalue weighted by molar-refractivity contribution is 7.45. The topological polar surface area (TPSA) is 108 Å². The molecule has 3 atom stereocenters. The molecule has 0 rings (SSSR count). The molecule has 0 radical (unpaired) electrons. The predicted octanol–water partition coefficient (Wildman–Crippen LogP) is 23.8. The number of nitrogens with one attached hydrogen (secondary N) is 1. The van der Waals surface area contributed by atoms with Crippen molar-refractivity contribution in [2.45, 2.75) is 424 Å². The van der Waals surface area contributed by atoms with Gasteiger partial charge in [0, 0.05) is 6.42 Å². The van der Waals surface area contributed by atoms with Gasteiger partial charge in [0.1, 0.15) is 13.2 Å². The second-order valence-electron chi connectivity index (χ2n) is 27.7. The number of aliphatic hydroxyl groups is 1. The number of aliphatic hydroxyl groups excluding tert-OH is 1. The van der Waals surface area contributed by atoms with E-state index in [1.165, 1.54) is 353 Å². The van der Waals surface area contributed by atoms with Crippen LogP contribution in [0, 0.1) is 0 Å². The Morgan fingerprint density at radius 2 is 0.643 bits per heavy atom. The second-order valence-corrected chi connectivity index (χ2v) is 29.1. The van der Waals surface area contributed by atoms with E-state index in [4.69, 9.17) is 9.05 Å². The molecule has 0 bridgehead atoms. The predicted molar refractivity (Wildman–Crippen MR) is 367 cm³/mol. The van der Waals surface area contributed by atoms with Crippen LogP contribution in [-0.2, 0) is 18.4 Å². The second kappa shape index (κ2) is 66.7. The number of hydrogen-bond donors (Lipinski definition) is 2. The number of carbonyl (C=O) groups excluding carboxylic acids is 1. The molecular weight excluding hydrogens is 1060 g/mol. The van der Waals surface area contributed by atoms with Crippen LogP contribution in [0.25, 0.3) is 0 Å². The summed E-state index contributed by atoms with van der Waals surface area (Å²) in [6.45, 7) is 4.73. The summed E-state index contributed by atoms with van der Waals surface area (Å²) in [5.74, 6) is -0.186. The van der Waals surface area contributed by atoms with Crippen molar-refractivity contribution in [3.63, 3.8) is 0 Å². The number of likely N-dealkylation sites (N-methyl/N-ethyl adjacent to an activating group) is 1. The SMILES string of the molecule is CCCCCCCCCCCCCCCCCCCCCCCCCC/C=C/C(O)C(COP(=O)([O-])OCC[N+](C)(C)C)NC(=O)CCCCCCCCCCCCCCCCCCCCCCCCCCCCCCCCCCCCCC. The molecule has 0 saturated carbocycles. The minimum absolute atomic E-state index is 0.00309. The van der Waals surface area contributed by atoms with Gasteiger partial charge in [-0.05, 0) is 19.3 Å². The van der Waals surface area contributed by atoms with E-state index in [0.717, 1.165) is 38.5 Å². The van der Waals surface area contributed by atoms with Gasteiger partial charge in [0.15, 0.2) is 0 Å². The van der Waals surface area contributed by atoms with Gasteiger partial charge in [-0.1, -0.05) is 398 Å². The molecule has 1 amide bonds. The lowest BCUT2D eigenvalue weighted by Crippen LogP contribution is -2.45. The van der Waals surface area contributed by atoms with Crippen LogP contribution in [0.15, 0.2) is 12.2 Å². The van der Waals surface area contributed by atoms with Crippen LogP contribution in [0.1, 0.15) is 412 Å². The maximum atomic E-state index is 13.1. The van der Waals surface area contributed by atoms with Crippen LogP contribution in [-0.4, -0.2) is 68.5 Å². The van der Waals surface area contributed by atoms with Crippen molar-refractivity contribution in [1.82, 2.24) is 5.32 Å². The van der Waals surface area contributed by atoms with Crippen molar-refractivity contribution in [3.8, 4) is 0 Å². The molecule has 84 heavy (non-hydrogen) atoms. The zero-order chi connectivity index (χ0) is 61.2. The van der Waals surface area contributed by atoms with E-state index in [2.05, 4.69) is 19.2 Å². The number of hydrogen-bond acceptors (Lipinski definition) is 6. The largest absolute Gasteiger partial charge is 0.756 e. The Hall–Kier alpha value is -0.760. The zero-order valence-electron chi connectivity index (χ0n) is 57.7. The highest BCUT2D eigenvalue weighted by Crippen LogP contribution is 2.38. The van der Waals surface area contributed by atoms with Gasteiger partial charge in [0.25, 0.3) is 7.82 Å². The van der Waals surface area contributed by atoms with Crippen molar-refractivity contribution < 1.29 is 32.9 Å². The molecule has 8 nitrogen and oxygen atoms in total. The quantitative estimate of drug-likeness (QED) is 0.0272. The molecule has 0 spiro atoms. The minimum Gasteiger partial charge on any atom is -0.756 e. The van der Waals surface area contributed by atoms with Crippen molar-refractivity contribution in [3.05, 3.63) is 12.2 Å². The fourth-order valence-electron chi connectivity index (χ4n) is 12.1. The smallest absolute Gasteiger partial charge is 0.268 e. The van der Waals surface area contributed by atoms with Crippen molar-refractivity contribution >= 4 is 13.7 Å². The summed E-state index contributed by atoms with van der Waals surface area (Å²) in [4.78, 5) is 25.7. The van der Waals surface area contributed by atoms with Gasteiger partial charge in [-0.3, -0.25) is 9.36 Å². The van der Waals surface area contributed by atoms with Crippen LogP contribution < -0.4 is 10.2 Å². The Morgan fingerprint density at radius 3 is 0.893 bits per heavy atom. The lowest BCUT2D eigenvalue weighted by atomic mass is 10.0. The summed E-state index contributed by atoms with van der Waals surface area (Å²) in [5.41, 5.74) is 0. The van der Waals surface area contributed by atoms with Crippen LogP contribution in [0.5, 0.6) is 0 Å². The first-order valence-electron chi connectivity index (χ1n) is 38.1. The fourth-order valence-corrected chi connectivity index (χ4v) is 12.8. The van der Waals surface area contributed by atoms with Gasteiger partial charge in [-0.2, -0.15) is 0 Å². The summed E-state index contributed by atoms with van der Waals surface area (Å²) in [5, 5.41) is 14.0. The van der Waals surface area contributed by atoms with Crippen LogP contribution in [0.4, 0.5) is 0 Å². The average molecular weight is 1210 g/mol. The first-order chi connectivity index (χ1) is 41.0. The molecule has 0 aromatic carbocycles. The molecule has 0 aromatic heterocycles. The van der Waals surface area contributed by atoms with Crippen molar-refractivity contribution in [1.29, 1.82) is 0 Å². The number of phosphoric ester groups is 1. The minimum atomic E-state index is -4.60. The monoisotopic (exact) mass is 1210 g/mol. The molecule has 3 unspecified atom stereocenters. The summed E-state index contributed by atoms with van der Waals surface area (Å²) >= 11 is 0. The normalized spacial score (nSPS) is 13.6. The zero-order valence-corrected chi connectivity index (χ0v) is 58.5. The fraction of sp³-hybridized carbons (Fsp3) is 0.960. The first-order valence-corrected chi connectivity index (χ1v) is 39.5. The third-order valence-corrected chi connectivity index (χ3v) is 19.0. The Balaban J connectivity index is 3.94. The third kappa shape index (κ3) is 68.7. The van der Waals surface area contributed by atoms with Gasteiger partial charge >= 0.3 is 0 Å². The first kappa shape index (κ1) is 83.2. The standard InChI is InChI=1S/C75H151N2O6P/c1-6-8-10-12-14-16-18-20-22-24-26-28-30-32-34-35-36-37-38-39-40-41-42-43-45-47-49-51-53-55-57-59-61-63-65-67-69-75(79)76-73(72-83-84(80,81)82-71-70-77(3,4)5)74(78)68-66-64-62-60-58-56-54-52-50-48-46-44-33-31-29-27-25-23-21-19-17-15-13-11-9-7-2/h66,68,73-74,78H,6-65,67,69-72H2,1-5H3,(H-,76,79,80,81)/b68-66+. The van der Waals surface area contributed by atoms with Gasteiger partial charge in [0.2, 0.25) is 5.91 Å². The van der Waals surface area contributed by atoms with Gasteiger partial charge in [-0.15, -0.1) is 0 Å². The summed E-state index contributed by atoms with van der Waals surface area (Å²) < 4.78 is 23.5. The number of unbranched alkanes of at least 4 members (excludes halogenated alkanes) is 59. The molecule has 502 valence electrons. The molecule has 0 aliphatic carbocycles. The Morgan fingerprint density at radius 1 is 0.405 bits per heavy atom. The van der Waals surface area contributed by atoms with E-state index < -0.39 is 20.0 Å². The van der Waals surface area contributed by atoms with E-state index >= 15 is 0 Å². The third-order valence-electron chi connectivity index (χ3n) is 18.0. The van der Waals surface area contributed by atoms with E-state index in [0.29, 0.717) is 17.4 Å². The molecule has 0 fully saturated rings. The Bertz CT molecular complexity index is 1370. The maximum Gasteiger partial charge on any atom is 0.268 e. The number of amides is 1. The molecule has 0 aliphatic heterocycles. The van der Waals surface area contributed by atoms with Crippen molar-refractivity contribution in [2.75, 3.05) is 40.9 Å². The van der Waals surface area contributed by atoms with Gasteiger partial charge in [-0.25, -0.2) is 0 Å². The number of nitrogens with zero attached hydrogens (tertiary/aromatic N) is 1. The van der Waals surface area contributed by atoms with E-state index in [1.54, 1.807) is 6.08 Å². The average Bonchev–Trinajstić information content (AvgIpc) is 3.56. The highest BCUT2D eigenvalue weighted by atomic mass is 31.2. The molecule has 0 aliphatic rings. The Kier molecular flexibility index (Phi) is 66.1.